The number of Topliss-reactive ketones (excluding diaryl/α,β-unsaturated/α-hetero) is 1. The van der Waals surface area contributed by atoms with Gasteiger partial charge in [0.2, 0.25) is 0 Å². The zero-order valence-corrected chi connectivity index (χ0v) is 8.29. The van der Waals surface area contributed by atoms with Gasteiger partial charge in [0.1, 0.15) is 0 Å². The van der Waals surface area contributed by atoms with Gasteiger partial charge in [-0.25, -0.2) is 0 Å². The summed E-state index contributed by atoms with van der Waals surface area (Å²) in [6, 6.07) is 3.06. The average molecular weight is 207 g/mol. The van der Waals surface area contributed by atoms with Crippen LogP contribution in [0.1, 0.15) is 10.4 Å². The number of amides is 1. The fraction of sp³-hybridized carbons (Fsp3) is 0.200. The Morgan fingerprint density at radius 1 is 1.07 bits per heavy atom. The summed E-state index contributed by atoms with van der Waals surface area (Å²) in [6.07, 6.45) is 0. The molecule has 0 spiro atoms. The number of ketones is 1. The van der Waals surface area contributed by atoms with Crippen LogP contribution in [0.5, 0.6) is 11.5 Å². The summed E-state index contributed by atoms with van der Waals surface area (Å²) >= 11 is 0. The third-order valence-corrected chi connectivity index (χ3v) is 2.22. The minimum absolute atomic E-state index is 0.317. The van der Waals surface area contributed by atoms with E-state index in [0.29, 0.717) is 22.7 Å². The Hall–Kier alpha value is -2.04. The molecule has 78 valence electrons. The summed E-state index contributed by atoms with van der Waals surface area (Å²) in [5, 5.41) is 2.45. The van der Waals surface area contributed by atoms with Crippen molar-refractivity contribution in [1.82, 2.24) is 0 Å². The molecule has 1 aliphatic heterocycles. The molecular formula is C10H9NO4. The van der Waals surface area contributed by atoms with Crippen LogP contribution in [-0.2, 0) is 4.79 Å². The molecule has 1 aliphatic rings. The molecule has 1 N–H and O–H groups in total. The van der Waals surface area contributed by atoms with Crippen LogP contribution in [0.25, 0.3) is 0 Å². The van der Waals surface area contributed by atoms with E-state index in [2.05, 4.69) is 5.32 Å². The van der Waals surface area contributed by atoms with Crippen molar-refractivity contribution in [3.63, 3.8) is 0 Å². The highest BCUT2D eigenvalue weighted by Crippen LogP contribution is 2.35. The molecule has 1 heterocycles. The highest BCUT2D eigenvalue weighted by Gasteiger charge is 2.29. The van der Waals surface area contributed by atoms with Crippen molar-refractivity contribution >= 4 is 17.4 Å². The maximum absolute atomic E-state index is 11.4. The fourth-order valence-corrected chi connectivity index (χ4v) is 1.47. The molecule has 1 aromatic rings. The molecule has 5 nitrogen and oxygen atoms in total. The minimum atomic E-state index is -0.625. The molecule has 1 amide bonds. The lowest BCUT2D eigenvalue weighted by Crippen LogP contribution is -2.12. The van der Waals surface area contributed by atoms with Gasteiger partial charge in [0.05, 0.1) is 25.5 Å². The summed E-state index contributed by atoms with van der Waals surface area (Å²) in [7, 11) is 2.96. The Bertz CT molecular complexity index is 453. The maximum atomic E-state index is 11.4. The molecular weight excluding hydrogens is 198 g/mol. The van der Waals surface area contributed by atoms with Crippen LogP contribution in [0.3, 0.4) is 0 Å². The summed E-state index contributed by atoms with van der Waals surface area (Å²) in [5.74, 6) is -0.265. The molecule has 0 saturated heterocycles. The smallest absolute Gasteiger partial charge is 0.296 e. The maximum Gasteiger partial charge on any atom is 0.296 e. The van der Waals surface area contributed by atoms with Gasteiger partial charge in [-0.1, -0.05) is 0 Å². The van der Waals surface area contributed by atoms with Gasteiger partial charge >= 0.3 is 0 Å². The van der Waals surface area contributed by atoms with Gasteiger partial charge < -0.3 is 14.8 Å². The third kappa shape index (κ3) is 1.32. The summed E-state index contributed by atoms with van der Waals surface area (Å²) in [4.78, 5) is 22.4. The van der Waals surface area contributed by atoms with Crippen molar-refractivity contribution in [2.75, 3.05) is 19.5 Å². The van der Waals surface area contributed by atoms with Gasteiger partial charge in [-0.15, -0.1) is 0 Å². The first-order chi connectivity index (χ1) is 7.17. The predicted octanol–water partition coefficient (Wildman–Crippen LogP) is 0.839. The SMILES string of the molecule is COc1cc2c(cc1OC)C(=O)C(=O)N2. The average Bonchev–Trinajstić information content (AvgIpc) is 2.53. The quantitative estimate of drug-likeness (QED) is 0.730. The number of methoxy groups -OCH3 is 2. The lowest BCUT2D eigenvalue weighted by Gasteiger charge is -2.08. The van der Waals surface area contributed by atoms with E-state index < -0.39 is 11.7 Å². The van der Waals surface area contributed by atoms with E-state index in [9.17, 15) is 9.59 Å². The monoisotopic (exact) mass is 207 g/mol. The van der Waals surface area contributed by atoms with E-state index in [0.717, 1.165) is 0 Å². The van der Waals surface area contributed by atoms with E-state index >= 15 is 0 Å². The number of benzene rings is 1. The number of carbonyl (C=O) groups excluding carboxylic acids is 2. The molecule has 0 aliphatic carbocycles. The van der Waals surface area contributed by atoms with Gasteiger partial charge in [-0.3, -0.25) is 9.59 Å². The number of nitrogens with one attached hydrogen (secondary N) is 1. The van der Waals surface area contributed by atoms with Crippen LogP contribution < -0.4 is 14.8 Å². The second kappa shape index (κ2) is 3.27. The minimum Gasteiger partial charge on any atom is -0.493 e. The van der Waals surface area contributed by atoms with Crippen molar-refractivity contribution < 1.29 is 19.1 Å². The van der Waals surface area contributed by atoms with Crippen LogP contribution in [0, 0.1) is 0 Å². The Kier molecular flexibility index (Phi) is 2.07. The summed E-state index contributed by atoms with van der Waals surface area (Å²) in [6.45, 7) is 0. The molecule has 15 heavy (non-hydrogen) atoms. The molecule has 0 unspecified atom stereocenters. The number of carbonyl (C=O) groups is 2. The lowest BCUT2D eigenvalue weighted by molar-refractivity contribution is -0.112. The first kappa shape index (κ1) is 9.51. The molecule has 0 fully saturated rings. The Balaban J connectivity index is 2.58. The van der Waals surface area contributed by atoms with Crippen molar-refractivity contribution in [2.45, 2.75) is 0 Å². The largest absolute Gasteiger partial charge is 0.493 e. The molecule has 0 aromatic heterocycles. The number of ether oxygens (including phenoxy) is 2. The van der Waals surface area contributed by atoms with Crippen LogP contribution >= 0.6 is 0 Å². The van der Waals surface area contributed by atoms with Gasteiger partial charge in [0.15, 0.2) is 11.5 Å². The van der Waals surface area contributed by atoms with Gasteiger partial charge in [-0.05, 0) is 6.07 Å². The molecule has 0 atom stereocenters. The van der Waals surface area contributed by atoms with Crippen molar-refractivity contribution in [3.05, 3.63) is 17.7 Å². The van der Waals surface area contributed by atoms with Crippen LogP contribution in [0.4, 0.5) is 5.69 Å². The van der Waals surface area contributed by atoms with Crippen molar-refractivity contribution in [1.29, 1.82) is 0 Å². The van der Waals surface area contributed by atoms with E-state index in [1.807, 2.05) is 0 Å². The highest BCUT2D eigenvalue weighted by molar-refractivity contribution is 6.51. The Morgan fingerprint density at radius 3 is 2.27 bits per heavy atom. The zero-order chi connectivity index (χ0) is 11.0. The van der Waals surface area contributed by atoms with E-state index in [4.69, 9.17) is 9.47 Å². The number of hydrogen-bond acceptors (Lipinski definition) is 4. The second-order valence-corrected chi connectivity index (χ2v) is 3.04. The molecule has 2 rings (SSSR count). The Morgan fingerprint density at radius 2 is 1.67 bits per heavy atom. The van der Waals surface area contributed by atoms with Crippen molar-refractivity contribution in [2.24, 2.45) is 0 Å². The van der Waals surface area contributed by atoms with Crippen LogP contribution in [-0.4, -0.2) is 25.9 Å². The third-order valence-electron chi connectivity index (χ3n) is 2.22. The van der Waals surface area contributed by atoms with Crippen LogP contribution in [0.15, 0.2) is 12.1 Å². The summed E-state index contributed by atoms with van der Waals surface area (Å²) < 4.78 is 10.1. The van der Waals surface area contributed by atoms with E-state index in [1.165, 1.54) is 20.3 Å². The molecule has 5 heteroatoms. The van der Waals surface area contributed by atoms with Gasteiger partial charge in [0, 0.05) is 6.07 Å². The van der Waals surface area contributed by atoms with Crippen LogP contribution in [0.2, 0.25) is 0 Å². The normalized spacial score (nSPS) is 13.5. The Labute approximate surface area is 86.0 Å². The van der Waals surface area contributed by atoms with E-state index in [1.54, 1.807) is 6.07 Å². The highest BCUT2D eigenvalue weighted by atomic mass is 16.5. The van der Waals surface area contributed by atoms with E-state index in [-0.39, 0.29) is 0 Å². The van der Waals surface area contributed by atoms with Gasteiger partial charge in [0.25, 0.3) is 11.7 Å². The number of fused-ring (bicyclic) bond motifs is 1. The first-order valence-corrected chi connectivity index (χ1v) is 4.29. The second-order valence-electron chi connectivity index (χ2n) is 3.04. The molecule has 0 radical (unpaired) electrons. The zero-order valence-electron chi connectivity index (χ0n) is 8.29. The van der Waals surface area contributed by atoms with Crippen molar-refractivity contribution in [3.8, 4) is 11.5 Å². The molecule has 1 aromatic carbocycles. The summed E-state index contributed by atoms with van der Waals surface area (Å²) in [5.41, 5.74) is 0.778. The van der Waals surface area contributed by atoms with Gasteiger partial charge in [-0.2, -0.15) is 0 Å². The number of anilines is 1. The fourth-order valence-electron chi connectivity index (χ4n) is 1.47. The first-order valence-electron chi connectivity index (χ1n) is 4.29. The molecule has 0 bridgehead atoms. The molecule has 0 saturated carbocycles. The topological polar surface area (TPSA) is 64.6 Å². The lowest BCUT2D eigenvalue weighted by atomic mass is 10.1. The number of rotatable bonds is 2. The standard InChI is InChI=1S/C10H9NO4/c1-14-7-3-5-6(4-8(7)15-2)11-10(13)9(5)12/h3-4H,1-2H3,(H,11,12,13). The predicted molar refractivity (Wildman–Crippen MR) is 52.5 cm³/mol. The number of hydrogen-bond donors (Lipinski definition) is 1.